The van der Waals surface area contributed by atoms with E-state index in [2.05, 4.69) is 15.9 Å². The zero-order valence-corrected chi connectivity index (χ0v) is 9.72. The smallest absolute Gasteiger partial charge is 0.172 e. The predicted octanol–water partition coefficient (Wildman–Crippen LogP) is 4.15. The fourth-order valence-corrected chi connectivity index (χ4v) is 2.50. The van der Waals surface area contributed by atoms with Crippen molar-refractivity contribution in [2.24, 2.45) is 0 Å². The Morgan fingerprint density at radius 1 is 1.75 bits per heavy atom. The molecule has 0 atom stereocenters. The minimum atomic E-state index is 0.176. The predicted molar refractivity (Wildman–Crippen MR) is 56.3 cm³/mol. The van der Waals surface area contributed by atoms with Gasteiger partial charge in [0.1, 0.15) is 0 Å². The summed E-state index contributed by atoms with van der Waals surface area (Å²) >= 11 is 10.5. The number of Topliss-reactive ketones (excluding diaryl/α,β-unsaturated/α-hetero) is 1. The summed E-state index contributed by atoms with van der Waals surface area (Å²) in [5.74, 6) is 0.176. The van der Waals surface area contributed by atoms with E-state index in [1.165, 1.54) is 11.3 Å². The third-order valence-corrected chi connectivity index (χ3v) is 3.91. The minimum Gasteiger partial charge on any atom is -0.293 e. The second-order valence-corrected chi connectivity index (χ2v) is 5.18. The third-order valence-electron chi connectivity index (χ3n) is 1.40. The molecule has 0 fully saturated rings. The van der Waals surface area contributed by atoms with Crippen LogP contribution in [0.3, 0.4) is 0 Å². The Morgan fingerprint density at radius 3 is 2.83 bits per heavy atom. The van der Waals surface area contributed by atoms with E-state index in [1.807, 2.05) is 6.92 Å². The molecule has 0 bridgehead atoms. The molecule has 1 rings (SSSR count). The fourth-order valence-electron chi connectivity index (χ4n) is 0.834. The standard InChI is InChI=1S/C8H8BrClOS/c1-2-3-6(11)7-4-5(10)8(9)12-7/h4H,2-3H2,1H3. The normalized spacial score (nSPS) is 10.2. The minimum absolute atomic E-state index is 0.176. The van der Waals surface area contributed by atoms with Crippen LogP contribution in [0.5, 0.6) is 0 Å². The Morgan fingerprint density at radius 2 is 2.42 bits per heavy atom. The summed E-state index contributed by atoms with van der Waals surface area (Å²) in [6.07, 6.45) is 1.48. The summed E-state index contributed by atoms with van der Waals surface area (Å²) in [4.78, 5) is 12.1. The van der Waals surface area contributed by atoms with Gasteiger partial charge in [-0.25, -0.2) is 0 Å². The van der Waals surface area contributed by atoms with Crippen molar-refractivity contribution < 1.29 is 4.79 Å². The van der Waals surface area contributed by atoms with Gasteiger partial charge in [-0.3, -0.25) is 4.79 Å². The van der Waals surface area contributed by atoms with Gasteiger partial charge in [0.05, 0.1) is 13.7 Å². The molecule has 0 aliphatic heterocycles. The number of carbonyl (C=O) groups is 1. The number of rotatable bonds is 3. The topological polar surface area (TPSA) is 17.1 Å². The molecule has 0 radical (unpaired) electrons. The van der Waals surface area contributed by atoms with Gasteiger partial charge in [0.2, 0.25) is 0 Å². The maximum absolute atomic E-state index is 11.3. The van der Waals surface area contributed by atoms with Crippen molar-refractivity contribution in [3.8, 4) is 0 Å². The van der Waals surface area contributed by atoms with Crippen LogP contribution >= 0.6 is 38.9 Å². The van der Waals surface area contributed by atoms with E-state index in [4.69, 9.17) is 11.6 Å². The highest BCUT2D eigenvalue weighted by molar-refractivity contribution is 9.11. The van der Waals surface area contributed by atoms with E-state index >= 15 is 0 Å². The lowest BCUT2D eigenvalue weighted by atomic mass is 10.2. The summed E-state index contributed by atoms with van der Waals surface area (Å²) in [7, 11) is 0. The average Bonchev–Trinajstić information content (AvgIpc) is 2.33. The molecule has 0 saturated carbocycles. The Balaban J connectivity index is 2.82. The molecule has 1 nitrogen and oxygen atoms in total. The number of halogens is 2. The van der Waals surface area contributed by atoms with Gasteiger partial charge in [-0.05, 0) is 28.4 Å². The average molecular weight is 268 g/mol. The van der Waals surface area contributed by atoms with E-state index in [-0.39, 0.29) is 5.78 Å². The van der Waals surface area contributed by atoms with Crippen LogP contribution < -0.4 is 0 Å². The molecular weight excluding hydrogens is 260 g/mol. The Hall–Kier alpha value is 0.140. The van der Waals surface area contributed by atoms with Gasteiger partial charge in [0.25, 0.3) is 0 Å². The molecule has 66 valence electrons. The van der Waals surface area contributed by atoms with E-state index < -0.39 is 0 Å². The van der Waals surface area contributed by atoms with Crippen molar-refractivity contribution >= 4 is 44.7 Å². The highest BCUT2D eigenvalue weighted by Crippen LogP contribution is 2.32. The molecule has 0 unspecified atom stereocenters. The first-order valence-corrected chi connectivity index (χ1v) is 5.62. The Labute approximate surface area is 88.9 Å². The third kappa shape index (κ3) is 2.31. The van der Waals surface area contributed by atoms with Crippen molar-refractivity contribution in [2.45, 2.75) is 19.8 Å². The lowest BCUT2D eigenvalue weighted by molar-refractivity contribution is 0.0985. The van der Waals surface area contributed by atoms with E-state index in [9.17, 15) is 4.79 Å². The summed E-state index contributed by atoms with van der Waals surface area (Å²) in [5.41, 5.74) is 0. The monoisotopic (exact) mass is 266 g/mol. The van der Waals surface area contributed by atoms with Crippen LogP contribution in [0, 0.1) is 0 Å². The molecule has 12 heavy (non-hydrogen) atoms. The van der Waals surface area contributed by atoms with Gasteiger partial charge in [-0.1, -0.05) is 18.5 Å². The first-order chi connectivity index (χ1) is 5.65. The largest absolute Gasteiger partial charge is 0.293 e. The molecule has 0 N–H and O–H groups in total. The zero-order valence-electron chi connectivity index (χ0n) is 6.56. The molecule has 4 heteroatoms. The second kappa shape index (κ2) is 4.40. The highest BCUT2D eigenvalue weighted by Gasteiger charge is 2.10. The zero-order chi connectivity index (χ0) is 9.14. The SMILES string of the molecule is CCCC(=O)c1cc(Cl)c(Br)s1. The highest BCUT2D eigenvalue weighted by atomic mass is 79.9. The number of ketones is 1. The van der Waals surface area contributed by atoms with Crippen LogP contribution in [0.4, 0.5) is 0 Å². The van der Waals surface area contributed by atoms with E-state index in [0.717, 1.165) is 15.1 Å². The molecule has 1 aromatic heterocycles. The molecule has 0 aliphatic rings. The summed E-state index contributed by atoms with van der Waals surface area (Å²) in [5, 5.41) is 0.624. The van der Waals surface area contributed by atoms with Gasteiger partial charge in [-0.2, -0.15) is 0 Å². The lowest BCUT2D eigenvalue weighted by Crippen LogP contribution is -1.93. The number of thiophene rings is 1. The quantitative estimate of drug-likeness (QED) is 0.752. The molecule has 0 aliphatic carbocycles. The molecule has 1 heterocycles. The molecular formula is C8H8BrClOS. The van der Waals surface area contributed by atoms with E-state index in [0.29, 0.717) is 11.4 Å². The summed E-state index contributed by atoms with van der Waals surface area (Å²) in [6, 6.07) is 1.72. The first-order valence-electron chi connectivity index (χ1n) is 3.63. The Kier molecular flexibility index (Phi) is 3.75. The first kappa shape index (κ1) is 10.2. The summed E-state index contributed by atoms with van der Waals surface area (Å²) in [6.45, 7) is 1.99. The van der Waals surface area contributed by atoms with Crippen LogP contribution in [0.2, 0.25) is 5.02 Å². The van der Waals surface area contributed by atoms with Crippen LogP contribution in [-0.2, 0) is 0 Å². The van der Waals surface area contributed by atoms with Gasteiger partial charge in [-0.15, -0.1) is 11.3 Å². The van der Waals surface area contributed by atoms with Gasteiger partial charge >= 0.3 is 0 Å². The number of hydrogen-bond acceptors (Lipinski definition) is 2. The van der Waals surface area contributed by atoms with Crippen molar-refractivity contribution in [1.82, 2.24) is 0 Å². The van der Waals surface area contributed by atoms with Gasteiger partial charge in [0.15, 0.2) is 5.78 Å². The number of hydrogen-bond donors (Lipinski definition) is 0. The lowest BCUT2D eigenvalue weighted by Gasteiger charge is -1.90. The summed E-state index contributed by atoms with van der Waals surface area (Å²) < 4.78 is 0.837. The molecule has 0 spiro atoms. The molecule has 0 amide bonds. The van der Waals surface area contributed by atoms with Crippen LogP contribution in [0.1, 0.15) is 29.4 Å². The maximum Gasteiger partial charge on any atom is 0.172 e. The fraction of sp³-hybridized carbons (Fsp3) is 0.375. The van der Waals surface area contributed by atoms with Crippen molar-refractivity contribution in [3.05, 3.63) is 19.8 Å². The van der Waals surface area contributed by atoms with Crippen molar-refractivity contribution in [1.29, 1.82) is 0 Å². The van der Waals surface area contributed by atoms with Crippen molar-refractivity contribution in [3.63, 3.8) is 0 Å². The van der Waals surface area contributed by atoms with Crippen LogP contribution in [0.25, 0.3) is 0 Å². The molecule has 0 saturated heterocycles. The van der Waals surface area contributed by atoms with Crippen molar-refractivity contribution in [2.75, 3.05) is 0 Å². The molecule has 1 aromatic rings. The van der Waals surface area contributed by atoms with Gasteiger partial charge in [0, 0.05) is 6.42 Å². The second-order valence-electron chi connectivity index (χ2n) is 2.41. The van der Waals surface area contributed by atoms with Crippen LogP contribution in [-0.4, -0.2) is 5.78 Å². The van der Waals surface area contributed by atoms with Crippen LogP contribution in [0.15, 0.2) is 9.85 Å². The van der Waals surface area contributed by atoms with E-state index in [1.54, 1.807) is 6.07 Å². The Bertz CT molecular complexity index is 276. The number of carbonyl (C=O) groups excluding carboxylic acids is 1. The van der Waals surface area contributed by atoms with Gasteiger partial charge < -0.3 is 0 Å². The maximum atomic E-state index is 11.3. The molecule has 0 aromatic carbocycles.